The molecule has 0 saturated carbocycles. The van der Waals surface area contributed by atoms with Gasteiger partial charge in [-0.3, -0.25) is 4.79 Å². The van der Waals surface area contributed by atoms with E-state index in [-0.39, 0.29) is 11.3 Å². The van der Waals surface area contributed by atoms with Gasteiger partial charge in [-0.2, -0.15) is 0 Å². The average Bonchev–Trinajstić information content (AvgIpc) is 2.75. The third-order valence-electron chi connectivity index (χ3n) is 2.24. The minimum atomic E-state index is -0.445. The summed E-state index contributed by atoms with van der Waals surface area (Å²) in [7, 11) is 1.46. The zero-order chi connectivity index (χ0) is 12.4. The Hall–Kier alpha value is -0.950. The molecule has 1 aromatic carbocycles. The Kier molecular flexibility index (Phi) is 3.78. The lowest BCUT2D eigenvalue weighted by Gasteiger charge is -2.06. The second-order valence-electron chi connectivity index (χ2n) is 3.31. The Labute approximate surface area is 116 Å². The van der Waals surface area contributed by atoms with Gasteiger partial charge in [0.1, 0.15) is 11.6 Å². The lowest BCUT2D eigenvalue weighted by Crippen LogP contribution is -2.03. The Morgan fingerprint density at radius 3 is 2.76 bits per heavy atom. The first-order valence-corrected chi connectivity index (χ1v) is 6.70. The topological polar surface area (TPSA) is 26.3 Å². The molecule has 2 nitrogen and oxygen atoms in total. The van der Waals surface area contributed by atoms with E-state index in [1.165, 1.54) is 36.6 Å². The van der Waals surface area contributed by atoms with Crippen LogP contribution in [0.3, 0.4) is 0 Å². The maximum Gasteiger partial charge on any atom is 0.197 e. The smallest absolute Gasteiger partial charge is 0.197 e. The summed E-state index contributed by atoms with van der Waals surface area (Å²) in [5, 5.41) is 1.76. The van der Waals surface area contributed by atoms with Gasteiger partial charge in [-0.1, -0.05) is 0 Å². The average molecular weight is 362 g/mol. The van der Waals surface area contributed by atoms with E-state index in [0.29, 0.717) is 11.3 Å². The number of thiophene rings is 1. The summed E-state index contributed by atoms with van der Waals surface area (Å²) in [5.41, 5.74) is 0.810. The van der Waals surface area contributed by atoms with Crippen LogP contribution in [0.25, 0.3) is 0 Å². The van der Waals surface area contributed by atoms with Gasteiger partial charge in [0.15, 0.2) is 5.78 Å². The molecule has 0 aliphatic rings. The summed E-state index contributed by atoms with van der Waals surface area (Å²) in [6, 6.07) is 5.70. The Balaban J connectivity index is 2.46. The molecule has 1 heterocycles. The van der Waals surface area contributed by atoms with Gasteiger partial charge in [0.2, 0.25) is 0 Å². The Morgan fingerprint density at radius 2 is 2.18 bits per heavy atom. The molecule has 2 aromatic rings. The summed E-state index contributed by atoms with van der Waals surface area (Å²) in [5.74, 6) is -0.280. The van der Waals surface area contributed by atoms with Crippen molar-refractivity contribution < 1.29 is 13.9 Å². The number of methoxy groups -OCH3 is 1. The van der Waals surface area contributed by atoms with Gasteiger partial charge in [0, 0.05) is 10.9 Å². The molecule has 0 spiro atoms. The largest absolute Gasteiger partial charge is 0.496 e. The molecule has 0 fully saturated rings. The van der Waals surface area contributed by atoms with Gasteiger partial charge in [-0.05, 0) is 46.9 Å². The summed E-state index contributed by atoms with van der Waals surface area (Å²) in [6.07, 6.45) is 0. The van der Waals surface area contributed by atoms with Crippen LogP contribution >= 0.6 is 33.9 Å². The van der Waals surface area contributed by atoms with Crippen LogP contribution in [0.1, 0.15) is 15.9 Å². The van der Waals surface area contributed by atoms with Crippen molar-refractivity contribution in [1.29, 1.82) is 0 Å². The molecular formula is C12H8FIO2S. The van der Waals surface area contributed by atoms with Crippen molar-refractivity contribution in [3.63, 3.8) is 0 Å². The number of hydrogen-bond acceptors (Lipinski definition) is 3. The highest BCUT2D eigenvalue weighted by molar-refractivity contribution is 14.1. The van der Waals surface area contributed by atoms with Crippen molar-refractivity contribution in [2.45, 2.75) is 0 Å². The van der Waals surface area contributed by atoms with Crippen LogP contribution in [0.15, 0.2) is 29.6 Å². The maximum absolute atomic E-state index is 13.2. The Bertz CT molecular complexity index is 565. The van der Waals surface area contributed by atoms with Crippen molar-refractivity contribution in [3.8, 4) is 5.75 Å². The highest BCUT2D eigenvalue weighted by Crippen LogP contribution is 2.25. The summed E-state index contributed by atoms with van der Waals surface area (Å²) < 4.78 is 19.2. The minimum absolute atomic E-state index is 0.222. The van der Waals surface area contributed by atoms with Crippen LogP contribution in [0, 0.1) is 8.70 Å². The van der Waals surface area contributed by atoms with Gasteiger partial charge in [-0.25, -0.2) is 4.39 Å². The highest BCUT2D eigenvalue weighted by Gasteiger charge is 2.16. The van der Waals surface area contributed by atoms with Crippen LogP contribution in [-0.2, 0) is 0 Å². The third-order valence-corrected chi connectivity index (χ3v) is 4.02. The standard InChI is InChI=1S/C12H8FIO2S/c1-16-10-3-2-8(13)5-9(10)12(15)7-4-11(14)17-6-7/h2-6H,1H3. The molecule has 0 amide bonds. The maximum atomic E-state index is 13.2. The zero-order valence-corrected chi connectivity index (χ0v) is 11.8. The van der Waals surface area contributed by atoms with Crippen LogP contribution in [0.4, 0.5) is 4.39 Å². The first-order chi connectivity index (χ1) is 8.11. The quantitative estimate of drug-likeness (QED) is 0.615. The predicted octanol–water partition coefficient (Wildman–Crippen LogP) is 3.73. The van der Waals surface area contributed by atoms with Crippen molar-refractivity contribution in [3.05, 3.63) is 49.5 Å². The molecule has 0 aliphatic carbocycles. The molecule has 0 N–H and O–H groups in total. The molecule has 0 atom stereocenters. The number of carbonyl (C=O) groups excluding carboxylic acids is 1. The lowest BCUT2D eigenvalue weighted by molar-refractivity contribution is 0.103. The minimum Gasteiger partial charge on any atom is -0.496 e. The first-order valence-electron chi connectivity index (χ1n) is 4.74. The summed E-state index contributed by atoms with van der Waals surface area (Å²) >= 11 is 3.62. The molecule has 0 saturated heterocycles. The molecular weight excluding hydrogens is 354 g/mol. The predicted molar refractivity (Wildman–Crippen MR) is 73.4 cm³/mol. The van der Waals surface area contributed by atoms with Crippen LogP contribution in [0.2, 0.25) is 0 Å². The van der Waals surface area contributed by atoms with Crippen molar-refractivity contribution in [2.24, 2.45) is 0 Å². The third kappa shape index (κ3) is 2.66. The molecule has 1 aromatic heterocycles. The molecule has 88 valence electrons. The van der Waals surface area contributed by atoms with E-state index in [9.17, 15) is 9.18 Å². The molecule has 0 radical (unpaired) electrons. The van der Waals surface area contributed by atoms with Crippen molar-refractivity contribution in [1.82, 2.24) is 0 Å². The molecule has 0 bridgehead atoms. The van der Waals surface area contributed by atoms with Gasteiger partial charge in [-0.15, -0.1) is 11.3 Å². The first kappa shape index (κ1) is 12.5. The second kappa shape index (κ2) is 5.14. The number of hydrogen-bond donors (Lipinski definition) is 0. The van der Waals surface area contributed by atoms with Crippen molar-refractivity contribution in [2.75, 3.05) is 7.11 Å². The monoisotopic (exact) mass is 362 g/mol. The number of ketones is 1. The molecule has 2 rings (SSSR count). The van der Waals surface area contributed by atoms with E-state index >= 15 is 0 Å². The molecule has 17 heavy (non-hydrogen) atoms. The van der Waals surface area contributed by atoms with Gasteiger partial charge in [0.25, 0.3) is 0 Å². The van der Waals surface area contributed by atoms with Crippen molar-refractivity contribution >= 4 is 39.7 Å². The summed E-state index contributed by atoms with van der Waals surface area (Å²) in [6.45, 7) is 0. The SMILES string of the molecule is COc1ccc(F)cc1C(=O)c1csc(I)c1. The fourth-order valence-electron chi connectivity index (χ4n) is 1.44. The van der Waals surface area contributed by atoms with E-state index < -0.39 is 5.82 Å². The Morgan fingerprint density at radius 1 is 1.41 bits per heavy atom. The normalized spacial score (nSPS) is 10.3. The van der Waals surface area contributed by atoms with Gasteiger partial charge >= 0.3 is 0 Å². The van der Waals surface area contributed by atoms with E-state index in [0.717, 1.165) is 2.88 Å². The fraction of sp³-hybridized carbons (Fsp3) is 0.0833. The van der Waals surface area contributed by atoms with Gasteiger partial charge < -0.3 is 4.74 Å². The number of halogens is 2. The molecule has 5 heteroatoms. The van der Waals surface area contributed by atoms with Crippen LogP contribution in [-0.4, -0.2) is 12.9 Å². The number of rotatable bonds is 3. The van der Waals surface area contributed by atoms with E-state index in [2.05, 4.69) is 22.6 Å². The number of benzene rings is 1. The summed E-state index contributed by atoms with van der Waals surface area (Å²) in [4.78, 5) is 12.1. The zero-order valence-electron chi connectivity index (χ0n) is 8.87. The number of ether oxygens (including phenoxy) is 1. The van der Waals surface area contributed by atoms with E-state index in [1.54, 1.807) is 11.4 Å². The van der Waals surface area contributed by atoms with E-state index in [4.69, 9.17) is 4.74 Å². The fourth-order valence-corrected chi connectivity index (χ4v) is 2.77. The van der Waals surface area contributed by atoms with Crippen LogP contribution < -0.4 is 4.74 Å². The highest BCUT2D eigenvalue weighted by atomic mass is 127. The lowest BCUT2D eigenvalue weighted by atomic mass is 10.1. The van der Waals surface area contributed by atoms with Crippen LogP contribution in [0.5, 0.6) is 5.75 Å². The number of carbonyl (C=O) groups is 1. The molecule has 0 unspecified atom stereocenters. The molecule has 0 aliphatic heterocycles. The van der Waals surface area contributed by atoms with E-state index in [1.807, 2.05) is 0 Å². The van der Waals surface area contributed by atoms with Gasteiger partial charge in [0.05, 0.1) is 15.6 Å². The second-order valence-corrected chi connectivity index (χ2v) is 6.12.